The maximum absolute atomic E-state index is 5.89. The maximum Gasteiger partial charge on any atom is 0.191 e. The molecule has 0 aromatic carbocycles. The van der Waals surface area contributed by atoms with Crippen LogP contribution in [0.4, 0.5) is 5.82 Å². The fourth-order valence-electron chi connectivity index (χ4n) is 1.52. The molecule has 5 nitrogen and oxygen atoms in total. The van der Waals surface area contributed by atoms with Crippen LogP contribution in [0.1, 0.15) is 19.0 Å². The number of hydrogen-bond acceptors (Lipinski definition) is 6. The monoisotopic (exact) mass is 298 g/mol. The lowest BCUT2D eigenvalue weighted by Crippen LogP contribution is -2.06. The number of anilines is 1. The van der Waals surface area contributed by atoms with Crippen molar-refractivity contribution in [1.29, 1.82) is 0 Å². The standard InChI is InChI=1S/C12H15ClN4OS/c1-3-4-14-10-5-8(7-18-2)16-11(17-10)12-15-6-9(13)19-12/h5-6H,3-4,7H2,1-2H3,(H,14,16,17). The average Bonchev–Trinajstić information content (AvgIpc) is 2.83. The van der Waals surface area contributed by atoms with Crippen molar-refractivity contribution >= 4 is 28.8 Å². The number of nitrogens with zero attached hydrogens (tertiary/aromatic N) is 3. The number of thiazole rings is 1. The van der Waals surface area contributed by atoms with Crippen molar-refractivity contribution in [2.24, 2.45) is 0 Å². The molecule has 0 atom stereocenters. The summed E-state index contributed by atoms with van der Waals surface area (Å²) in [6, 6.07) is 1.89. The normalized spacial score (nSPS) is 10.7. The van der Waals surface area contributed by atoms with Crippen LogP contribution in [0, 0.1) is 0 Å². The molecule has 102 valence electrons. The SMILES string of the molecule is CCCNc1cc(COC)nc(-c2ncc(Cl)s2)n1. The summed E-state index contributed by atoms with van der Waals surface area (Å²) in [5.41, 5.74) is 0.817. The van der Waals surface area contributed by atoms with Crippen molar-refractivity contribution in [2.75, 3.05) is 19.0 Å². The van der Waals surface area contributed by atoms with E-state index in [0.717, 1.165) is 24.5 Å². The van der Waals surface area contributed by atoms with Gasteiger partial charge in [-0.25, -0.2) is 15.0 Å². The van der Waals surface area contributed by atoms with Crippen LogP contribution in [-0.2, 0) is 11.3 Å². The van der Waals surface area contributed by atoms with Crippen LogP contribution in [-0.4, -0.2) is 28.6 Å². The van der Waals surface area contributed by atoms with E-state index in [0.29, 0.717) is 21.8 Å². The Labute approximate surface area is 121 Å². The zero-order valence-electron chi connectivity index (χ0n) is 10.8. The summed E-state index contributed by atoms with van der Waals surface area (Å²) in [4.78, 5) is 13.1. The third kappa shape index (κ3) is 3.86. The lowest BCUT2D eigenvalue weighted by Gasteiger charge is -2.07. The van der Waals surface area contributed by atoms with E-state index in [-0.39, 0.29) is 0 Å². The van der Waals surface area contributed by atoms with Gasteiger partial charge in [0.25, 0.3) is 0 Å². The predicted molar refractivity (Wildman–Crippen MR) is 77.6 cm³/mol. The number of rotatable bonds is 6. The Balaban J connectivity index is 2.33. The lowest BCUT2D eigenvalue weighted by molar-refractivity contribution is 0.181. The minimum atomic E-state index is 0.440. The first-order valence-corrected chi connectivity index (χ1v) is 7.15. The third-order valence-corrected chi connectivity index (χ3v) is 3.41. The second-order valence-corrected chi connectivity index (χ2v) is 5.56. The van der Waals surface area contributed by atoms with Crippen LogP contribution in [0.15, 0.2) is 12.3 Å². The van der Waals surface area contributed by atoms with Crippen LogP contribution in [0.3, 0.4) is 0 Å². The Kier molecular flexibility index (Phi) is 5.07. The highest BCUT2D eigenvalue weighted by Crippen LogP contribution is 2.26. The van der Waals surface area contributed by atoms with Crippen molar-refractivity contribution in [3.05, 3.63) is 22.3 Å². The first kappa shape index (κ1) is 14.2. The molecule has 2 heterocycles. The molecule has 2 aromatic heterocycles. The highest BCUT2D eigenvalue weighted by Gasteiger charge is 2.10. The van der Waals surface area contributed by atoms with Gasteiger partial charge >= 0.3 is 0 Å². The Morgan fingerprint density at radius 1 is 1.42 bits per heavy atom. The molecule has 0 fully saturated rings. The smallest absolute Gasteiger partial charge is 0.191 e. The highest BCUT2D eigenvalue weighted by atomic mass is 35.5. The molecular weight excluding hydrogens is 284 g/mol. The van der Waals surface area contributed by atoms with Gasteiger partial charge in [-0.1, -0.05) is 29.9 Å². The minimum absolute atomic E-state index is 0.440. The van der Waals surface area contributed by atoms with Gasteiger partial charge in [0.05, 0.1) is 18.5 Å². The number of methoxy groups -OCH3 is 1. The average molecular weight is 299 g/mol. The molecule has 0 bridgehead atoms. The molecule has 0 amide bonds. The Morgan fingerprint density at radius 2 is 2.26 bits per heavy atom. The third-order valence-electron chi connectivity index (χ3n) is 2.30. The first-order valence-electron chi connectivity index (χ1n) is 5.95. The largest absolute Gasteiger partial charge is 0.378 e. The summed E-state index contributed by atoms with van der Waals surface area (Å²) in [6.07, 6.45) is 2.63. The lowest BCUT2D eigenvalue weighted by atomic mass is 10.3. The van der Waals surface area contributed by atoms with Gasteiger partial charge < -0.3 is 10.1 Å². The maximum atomic E-state index is 5.89. The van der Waals surface area contributed by atoms with Gasteiger partial charge in [0, 0.05) is 19.7 Å². The van der Waals surface area contributed by atoms with Gasteiger partial charge in [-0.2, -0.15) is 0 Å². The molecule has 2 aromatic rings. The molecule has 0 aliphatic heterocycles. The zero-order chi connectivity index (χ0) is 13.7. The molecule has 0 saturated carbocycles. The van der Waals surface area contributed by atoms with Crippen LogP contribution < -0.4 is 5.32 Å². The van der Waals surface area contributed by atoms with Crippen LogP contribution in [0.25, 0.3) is 10.8 Å². The van der Waals surface area contributed by atoms with Crippen LogP contribution in [0.5, 0.6) is 0 Å². The molecule has 0 saturated heterocycles. The van der Waals surface area contributed by atoms with Gasteiger partial charge in [0.2, 0.25) is 0 Å². The van der Waals surface area contributed by atoms with Gasteiger partial charge in [-0.15, -0.1) is 0 Å². The quantitative estimate of drug-likeness (QED) is 0.887. The number of halogens is 1. The van der Waals surface area contributed by atoms with Crippen molar-refractivity contribution in [3.63, 3.8) is 0 Å². The second kappa shape index (κ2) is 6.79. The van der Waals surface area contributed by atoms with E-state index in [2.05, 4.69) is 27.2 Å². The molecule has 0 unspecified atom stereocenters. The summed E-state index contributed by atoms with van der Waals surface area (Å²) in [5.74, 6) is 1.36. The summed E-state index contributed by atoms with van der Waals surface area (Å²) >= 11 is 7.26. The molecule has 0 aliphatic carbocycles. The number of nitrogens with one attached hydrogen (secondary N) is 1. The minimum Gasteiger partial charge on any atom is -0.378 e. The van der Waals surface area contributed by atoms with Gasteiger partial charge in [0.15, 0.2) is 10.8 Å². The number of aromatic nitrogens is 3. The fourth-order valence-corrected chi connectivity index (χ4v) is 2.36. The van der Waals surface area contributed by atoms with Gasteiger partial charge in [0.1, 0.15) is 10.2 Å². The zero-order valence-corrected chi connectivity index (χ0v) is 12.4. The van der Waals surface area contributed by atoms with Crippen LogP contribution in [0.2, 0.25) is 4.34 Å². The molecule has 1 N–H and O–H groups in total. The van der Waals surface area contributed by atoms with Crippen molar-refractivity contribution < 1.29 is 4.74 Å². The second-order valence-electron chi connectivity index (χ2n) is 3.90. The molecule has 0 spiro atoms. The van der Waals surface area contributed by atoms with E-state index in [1.165, 1.54) is 11.3 Å². The van der Waals surface area contributed by atoms with E-state index >= 15 is 0 Å². The molecule has 0 aliphatic rings. The summed E-state index contributed by atoms with van der Waals surface area (Å²) in [7, 11) is 1.64. The predicted octanol–water partition coefficient (Wildman–Crippen LogP) is 3.22. The first-order chi connectivity index (χ1) is 9.22. The van der Waals surface area contributed by atoms with Crippen molar-refractivity contribution in [2.45, 2.75) is 20.0 Å². The highest BCUT2D eigenvalue weighted by molar-refractivity contribution is 7.18. The number of ether oxygens (including phenoxy) is 1. The Hall–Kier alpha value is -1.24. The molecule has 19 heavy (non-hydrogen) atoms. The molecule has 0 radical (unpaired) electrons. The molecule has 2 rings (SSSR count). The number of hydrogen-bond donors (Lipinski definition) is 1. The van der Waals surface area contributed by atoms with E-state index in [9.17, 15) is 0 Å². The van der Waals surface area contributed by atoms with Gasteiger partial charge in [-0.3, -0.25) is 0 Å². The van der Waals surface area contributed by atoms with E-state index < -0.39 is 0 Å². The molecular formula is C12H15ClN4OS. The van der Waals surface area contributed by atoms with E-state index in [1.807, 2.05) is 6.07 Å². The Bertz CT molecular complexity index is 546. The van der Waals surface area contributed by atoms with Crippen molar-refractivity contribution in [1.82, 2.24) is 15.0 Å². The summed E-state index contributed by atoms with van der Waals surface area (Å²) in [5, 5.41) is 3.96. The van der Waals surface area contributed by atoms with E-state index in [4.69, 9.17) is 16.3 Å². The summed E-state index contributed by atoms with van der Waals surface area (Å²) in [6.45, 7) is 3.41. The Morgan fingerprint density at radius 3 is 2.89 bits per heavy atom. The van der Waals surface area contributed by atoms with Crippen LogP contribution >= 0.6 is 22.9 Å². The molecule has 7 heteroatoms. The summed E-state index contributed by atoms with van der Waals surface area (Å²) < 4.78 is 5.75. The fraction of sp³-hybridized carbons (Fsp3) is 0.417. The van der Waals surface area contributed by atoms with E-state index in [1.54, 1.807) is 13.3 Å². The van der Waals surface area contributed by atoms with Gasteiger partial charge in [-0.05, 0) is 6.42 Å². The topological polar surface area (TPSA) is 59.9 Å². The van der Waals surface area contributed by atoms with Crippen molar-refractivity contribution in [3.8, 4) is 10.8 Å².